The topological polar surface area (TPSA) is 27.7 Å². The van der Waals surface area contributed by atoms with Crippen LogP contribution in [0.4, 0.5) is 0 Å². The molecule has 1 heterocycles. The molecule has 0 N–H and O–H groups in total. The average Bonchev–Trinajstić information content (AvgIpc) is 2.42. The molecule has 0 bridgehead atoms. The Kier molecular flexibility index (Phi) is 8.59. The van der Waals surface area contributed by atoms with Gasteiger partial charge in [0.1, 0.15) is 19.6 Å². The van der Waals surface area contributed by atoms with Gasteiger partial charge in [-0.25, -0.2) is 0 Å². The molecular formula is C14H30NO3+. The van der Waals surface area contributed by atoms with Gasteiger partial charge >= 0.3 is 0 Å². The van der Waals surface area contributed by atoms with Crippen molar-refractivity contribution >= 4 is 0 Å². The Morgan fingerprint density at radius 3 is 2.33 bits per heavy atom. The van der Waals surface area contributed by atoms with Gasteiger partial charge in [0.25, 0.3) is 0 Å². The van der Waals surface area contributed by atoms with Crippen LogP contribution >= 0.6 is 0 Å². The maximum atomic E-state index is 5.66. The molecule has 4 nitrogen and oxygen atoms in total. The zero-order valence-electron chi connectivity index (χ0n) is 12.2. The third-order valence-electron chi connectivity index (χ3n) is 3.69. The van der Waals surface area contributed by atoms with Crippen molar-refractivity contribution in [3.05, 3.63) is 0 Å². The lowest BCUT2D eigenvalue weighted by molar-refractivity contribution is -0.935. The van der Waals surface area contributed by atoms with Crippen LogP contribution in [-0.4, -0.2) is 70.3 Å². The van der Waals surface area contributed by atoms with E-state index < -0.39 is 0 Å². The minimum Gasteiger partial charge on any atom is -0.379 e. The summed E-state index contributed by atoms with van der Waals surface area (Å²) in [7, 11) is 0. The lowest BCUT2D eigenvalue weighted by Gasteiger charge is -2.41. The van der Waals surface area contributed by atoms with E-state index in [0.717, 1.165) is 52.7 Å². The number of hydrogen-bond donors (Lipinski definition) is 0. The van der Waals surface area contributed by atoms with Crippen LogP contribution in [0.5, 0.6) is 0 Å². The Morgan fingerprint density at radius 2 is 1.67 bits per heavy atom. The van der Waals surface area contributed by atoms with Gasteiger partial charge in [0.15, 0.2) is 0 Å². The maximum Gasteiger partial charge on any atom is 0.103 e. The van der Waals surface area contributed by atoms with Crippen molar-refractivity contribution < 1.29 is 18.7 Å². The molecule has 0 saturated carbocycles. The summed E-state index contributed by atoms with van der Waals surface area (Å²) in [5.74, 6) is 0. The van der Waals surface area contributed by atoms with Crippen LogP contribution < -0.4 is 0 Å². The molecular weight excluding hydrogens is 230 g/mol. The minimum atomic E-state index is 0.717. The van der Waals surface area contributed by atoms with Crippen molar-refractivity contribution in [1.82, 2.24) is 0 Å². The molecule has 1 saturated heterocycles. The van der Waals surface area contributed by atoms with E-state index in [9.17, 15) is 0 Å². The molecule has 0 radical (unpaired) electrons. The van der Waals surface area contributed by atoms with Crippen LogP contribution in [0.1, 0.15) is 26.7 Å². The number of rotatable bonds is 10. The van der Waals surface area contributed by atoms with Crippen molar-refractivity contribution in [2.75, 3.05) is 65.8 Å². The highest BCUT2D eigenvalue weighted by Crippen LogP contribution is 2.13. The van der Waals surface area contributed by atoms with E-state index in [0.29, 0.717) is 6.61 Å². The molecule has 0 aromatic carbocycles. The van der Waals surface area contributed by atoms with Crippen molar-refractivity contribution in [2.45, 2.75) is 26.7 Å². The summed E-state index contributed by atoms with van der Waals surface area (Å²) >= 11 is 0. The van der Waals surface area contributed by atoms with E-state index in [1.807, 2.05) is 6.92 Å². The largest absolute Gasteiger partial charge is 0.379 e. The number of unbranched alkanes of at least 4 members (excludes halogenated alkanes) is 1. The summed E-state index contributed by atoms with van der Waals surface area (Å²) in [5, 5.41) is 0. The van der Waals surface area contributed by atoms with Gasteiger partial charge in [0.2, 0.25) is 0 Å². The van der Waals surface area contributed by atoms with Gasteiger partial charge in [0, 0.05) is 6.61 Å². The molecule has 4 heteroatoms. The van der Waals surface area contributed by atoms with E-state index in [2.05, 4.69) is 6.92 Å². The van der Waals surface area contributed by atoms with E-state index in [1.165, 1.54) is 23.9 Å². The number of nitrogens with zero attached hydrogens (tertiary/aromatic N) is 1. The molecule has 108 valence electrons. The Balaban J connectivity index is 2.19. The molecule has 1 aliphatic heterocycles. The fourth-order valence-corrected chi connectivity index (χ4v) is 2.41. The van der Waals surface area contributed by atoms with Crippen LogP contribution in [0.3, 0.4) is 0 Å². The van der Waals surface area contributed by atoms with Crippen LogP contribution in [0.15, 0.2) is 0 Å². The summed E-state index contributed by atoms with van der Waals surface area (Å²) < 4.78 is 17.6. The molecule has 0 spiro atoms. The molecule has 0 amide bonds. The van der Waals surface area contributed by atoms with Gasteiger partial charge in [-0.15, -0.1) is 0 Å². The summed E-state index contributed by atoms with van der Waals surface area (Å²) in [5.41, 5.74) is 0. The predicted molar refractivity (Wildman–Crippen MR) is 72.8 cm³/mol. The highest BCUT2D eigenvalue weighted by Gasteiger charge is 2.29. The average molecular weight is 260 g/mol. The molecule has 0 aromatic heterocycles. The lowest BCUT2D eigenvalue weighted by atomic mass is 10.2. The second-order valence-corrected chi connectivity index (χ2v) is 5.01. The van der Waals surface area contributed by atoms with Crippen molar-refractivity contribution in [3.8, 4) is 0 Å². The van der Waals surface area contributed by atoms with Gasteiger partial charge in [-0.05, 0) is 13.3 Å². The van der Waals surface area contributed by atoms with Crippen molar-refractivity contribution in [3.63, 3.8) is 0 Å². The number of ether oxygens (including phenoxy) is 3. The third kappa shape index (κ3) is 6.14. The molecule has 0 aliphatic carbocycles. The normalized spacial score (nSPS) is 19.0. The third-order valence-corrected chi connectivity index (χ3v) is 3.69. The highest BCUT2D eigenvalue weighted by atomic mass is 16.5. The number of morpholine rings is 1. The lowest BCUT2D eigenvalue weighted by Crippen LogP contribution is -2.57. The van der Waals surface area contributed by atoms with Gasteiger partial charge in [-0.2, -0.15) is 0 Å². The fourth-order valence-electron chi connectivity index (χ4n) is 2.41. The second kappa shape index (κ2) is 9.73. The summed E-state index contributed by atoms with van der Waals surface area (Å²) in [6.07, 6.45) is 2.57. The monoisotopic (exact) mass is 260 g/mol. The highest BCUT2D eigenvalue weighted by molar-refractivity contribution is 4.51. The van der Waals surface area contributed by atoms with Gasteiger partial charge in [-0.3, -0.25) is 0 Å². The summed E-state index contributed by atoms with van der Waals surface area (Å²) in [6, 6.07) is 0. The van der Waals surface area contributed by atoms with Crippen molar-refractivity contribution in [2.24, 2.45) is 0 Å². The second-order valence-electron chi connectivity index (χ2n) is 5.01. The van der Waals surface area contributed by atoms with Gasteiger partial charge < -0.3 is 18.7 Å². The molecule has 1 rings (SSSR count). The first-order valence-corrected chi connectivity index (χ1v) is 7.41. The van der Waals surface area contributed by atoms with Gasteiger partial charge in [0.05, 0.1) is 39.6 Å². The predicted octanol–water partition coefficient (Wildman–Crippen LogP) is 1.69. The van der Waals surface area contributed by atoms with Gasteiger partial charge in [-0.1, -0.05) is 13.3 Å². The smallest absolute Gasteiger partial charge is 0.103 e. The molecule has 0 aromatic rings. The Bertz CT molecular complexity index is 193. The molecule has 0 atom stereocenters. The molecule has 0 unspecified atom stereocenters. The first-order valence-electron chi connectivity index (χ1n) is 7.41. The summed E-state index contributed by atoms with van der Waals surface area (Å²) in [4.78, 5) is 0. The SMILES string of the molecule is CCCC[N+]1(CCOCCOCC)CCOCC1. The van der Waals surface area contributed by atoms with Crippen LogP contribution in [-0.2, 0) is 14.2 Å². The zero-order valence-corrected chi connectivity index (χ0v) is 12.2. The summed E-state index contributed by atoms with van der Waals surface area (Å²) in [6.45, 7) is 13.8. The number of quaternary nitrogens is 1. The molecule has 1 fully saturated rings. The standard InChI is InChI=1S/C14H30NO3/c1-3-5-6-15(7-10-17-11-8-15)9-12-18-14-13-16-4-2/h3-14H2,1-2H3/q+1. The first kappa shape index (κ1) is 15.9. The van der Waals surface area contributed by atoms with E-state index >= 15 is 0 Å². The fraction of sp³-hybridized carbons (Fsp3) is 1.00. The van der Waals surface area contributed by atoms with E-state index in [1.54, 1.807) is 0 Å². The van der Waals surface area contributed by atoms with Crippen LogP contribution in [0.2, 0.25) is 0 Å². The van der Waals surface area contributed by atoms with Crippen LogP contribution in [0, 0.1) is 0 Å². The Morgan fingerprint density at radius 1 is 0.944 bits per heavy atom. The van der Waals surface area contributed by atoms with Crippen LogP contribution in [0.25, 0.3) is 0 Å². The van der Waals surface area contributed by atoms with Crippen molar-refractivity contribution in [1.29, 1.82) is 0 Å². The minimum absolute atomic E-state index is 0.717. The molecule has 1 aliphatic rings. The molecule has 18 heavy (non-hydrogen) atoms. The van der Waals surface area contributed by atoms with E-state index in [-0.39, 0.29) is 0 Å². The quantitative estimate of drug-likeness (QED) is 0.442. The Hall–Kier alpha value is -0.160. The zero-order chi connectivity index (χ0) is 13.1. The maximum absolute atomic E-state index is 5.66. The first-order chi connectivity index (χ1) is 8.83. The number of hydrogen-bond acceptors (Lipinski definition) is 3. The Labute approximate surface area is 112 Å². The van der Waals surface area contributed by atoms with E-state index in [4.69, 9.17) is 14.2 Å².